The molecule has 74 valence electrons. The van der Waals surface area contributed by atoms with Crippen LogP contribution in [0.1, 0.15) is 25.0 Å². The molecule has 0 aliphatic rings. The Morgan fingerprint density at radius 3 is 2.27 bits per heavy atom. The maximum atomic E-state index is 13.2. The van der Waals surface area contributed by atoms with Gasteiger partial charge in [-0.05, 0) is 21.8 Å². The zero-order chi connectivity index (χ0) is 12.1. The molecule has 1 aromatic rings. The van der Waals surface area contributed by atoms with E-state index in [0.29, 0.717) is 0 Å². The number of hydrogen-bond donors (Lipinski definition) is 0. The molecule has 0 unspecified atom stereocenters. The van der Waals surface area contributed by atoms with Gasteiger partial charge >= 0.3 is 0 Å². The van der Waals surface area contributed by atoms with Gasteiger partial charge in [-0.25, -0.2) is 4.39 Å². The van der Waals surface area contributed by atoms with Crippen molar-refractivity contribution in [2.24, 2.45) is 0 Å². The lowest BCUT2D eigenvalue weighted by atomic mass is 9.66. The Hall–Kier alpha value is -0.750. The Bertz CT molecular complexity index is 369. The Labute approximate surface area is 101 Å². The summed E-state index contributed by atoms with van der Waals surface area (Å²) in [5.41, 5.74) is 0.351. The van der Waals surface area contributed by atoms with Crippen LogP contribution < -0.4 is 0 Å². The van der Waals surface area contributed by atoms with E-state index in [4.69, 9.17) is 21.0 Å². The second kappa shape index (κ2) is 5.97. The number of nitriles is 1. The first kappa shape index (κ1) is 14.2. The summed E-state index contributed by atoms with van der Waals surface area (Å²) in [5, 5.41) is 8.46. The summed E-state index contributed by atoms with van der Waals surface area (Å²) < 4.78 is 11.8. The van der Waals surface area contributed by atoms with E-state index in [9.17, 15) is 4.39 Å². The normalized spacial score (nSPS) is 9.80. The van der Waals surface area contributed by atoms with Gasteiger partial charge in [0.05, 0.1) is 27.3 Å². The molecular formula is C10H9B2BrFN. The van der Waals surface area contributed by atoms with E-state index in [-0.39, 0.29) is 11.1 Å². The minimum atomic E-state index is -1.40. The maximum absolute atomic E-state index is 13.2. The molecule has 0 fully saturated rings. The van der Waals surface area contributed by atoms with Crippen molar-refractivity contribution in [1.82, 2.24) is 0 Å². The maximum Gasteiger partial charge on any atom is 0.127 e. The smallest absolute Gasteiger partial charge is 0.127 e. The number of hydrogen-bond acceptors (Lipinski definition) is 1. The summed E-state index contributed by atoms with van der Waals surface area (Å²) in [6.07, 6.45) is 0. The number of nitrogens with zero attached hydrogens (tertiary/aromatic N) is 1. The molecule has 4 radical (unpaired) electrons. The molecule has 0 bridgehead atoms. The van der Waals surface area contributed by atoms with Crippen molar-refractivity contribution in [3.8, 4) is 6.07 Å². The van der Waals surface area contributed by atoms with Gasteiger partial charge in [0.2, 0.25) is 0 Å². The molecule has 1 rings (SSSR count). The summed E-state index contributed by atoms with van der Waals surface area (Å²) in [7, 11) is 10.8. The van der Waals surface area contributed by atoms with Gasteiger partial charge in [0, 0.05) is 0 Å². The van der Waals surface area contributed by atoms with Crippen LogP contribution in [0.25, 0.3) is 0 Å². The van der Waals surface area contributed by atoms with Gasteiger partial charge in [0.1, 0.15) is 5.82 Å². The molecule has 0 saturated heterocycles. The molecule has 0 amide bonds. The molecule has 0 aromatic heterocycles. The fourth-order valence-electron chi connectivity index (χ4n) is 0.895. The van der Waals surface area contributed by atoms with Crippen molar-refractivity contribution in [3.05, 3.63) is 35.1 Å². The molecule has 0 atom stereocenters. The lowest BCUT2D eigenvalue weighted by Gasteiger charge is -2.18. The summed E-state index contributed by atoms with van der Waals surface area (Å²) >= 11 is 2.92. The average Bonchev–Trinajstić information content (AvgIpc) is 2.18. The van der Waals surface area contributed by atoms with Crippen LogP contribution >= 0.6 is 15.9 Å². The minimum absolute atomic E-state index is 0.117. The van der Waals surface area contributed by atoms with E-state index >= 15 is 0 Å². The van der Waals surface area contributed by atoms with E-state index in [1.54, 1.807) is 0 Å². The van der Waals surface area contributed by atoms with Gasteiger partial charge < -0.3 is 0 Å². The van der Waals surface area contributed by atoms with Gasteiger partial charge in [-0.3, -0.25) is 0 Å². The largest absolute Gasteiger partial charge is 0.207 e. The summed E-state index contributed by atoms with van der Waals surface area (Å²) in [4.78, 5) is 0. The highest BCUT2D eigenvalue weighted by atomic mass is 79.9. The molecule has 1 nitrogen and oxygen atoms in total. The predicted molar refractivity (Wildman–Crippen MR) is 64.6 cm³/mol. The zero-order valence-electron chi connectivity index (χ0n) is 8.59. The zero-order valence-corrected chi connectivity index (χ0v) is 10.2. The van der Waals surface area contributed by atoms with Crippen molar-refractivity contribution < 1.29 is 4.39 Å². The summed E-state index contributed by atoms with van der Waals surface area (Å²) in [5.74, 6) is -0.596. The summed E-state index contributed by atoms with van der Waals surface area (Å²) in [6.45, 7) is 4.00. The van der Waals surface area contributed by atoms with Crippen LogP contribution in [0.15, 0.2) is 18.2 Å². The molecule has 0 heterocycles. The third-order valence-corrected chi connectivity index (χ3v) is 1.94. The SMILES string of the molecule is CC.[B]C([B])(Br)c1ccc(C#N)cc1F. The van der Waals surface area contributed by atoms with Crippen molar-refractivity contribution in [3.63, 3.8) is 0 Å². The molecule has 5 heteroatoms. The first-order valence-corrected chi connectivity index (χ1v) is 5.21. The monoisotopic (exact) mass is 263 g/mol. The van der Waals surface area contributed by atoms with Crippen molar-refractivity contribution >= 4 is 31.6 Å². The van der Waals surface area contributed by atoms with Gasteiger partial charge in [0.15, 0.2) is 0 Å². The standard InChI is InChI=1S/C8H3B2BrFN.C2H6/c9-8(10,11)6-2-1-5(4-13)3-7(6)12;1-2/h1-3H;1-2H3. The Kier molecular flexibility index (Phi) is 5.67. The van der Waals surface area contributed by atoms with Crippen molar-refractivity contribution in [1.29, 1.82) is 5.26 Å². The lowest BCUT2D eigenvalue weighted by Crippen LogP contribution is -2.19. The van der Waals surface area contributed by atoms with Crippen LogP contribution in [-0.2, 0) is 4.12 Å². The first-order valence-electron chi connectivity index (χ1n) is 4.42. The van der Waals surface area contributed by atoms with E-state index in [0.717, 1.165) is 6.07 Å². The van der Waals surface area contributed by atoms with Crippen LogP contribution in [0.5, 0.6) is 0 Å². The Balaban J connectivity index is 0.000000921. The van der Waals surface area contributed by atoms with E-state index in [2.05, 4.69) is 15.9 Å². The molecule has 0 N–H and O–H groups in total. The predicted octanol–water partition coefficient (Wildman–Crippen LogP) is 2.57. The van der Waals surface area contributed by atoms with Gasteiger partial charge in [-0.1, -0.05) is 19.9 Å². The molecule has 1 aromatic carbocycles. The minimum Gasteiger partial charge on any atom is -0.207 e. The molecular weight excluding hydrogens is 255 g/mol. The van der Waals surface area contributed by atoms with Crippen LogP contribution in [0.3, 0.4) is 0 Å². The van der Waals surface area contributed by atoms with Crippen molar-refractivity contribution in [2.75, 3.05) is 0 Å². The average molecular weight is 264 g/mol. The lowest BCUT2D eigenvalue weighted by molar-refractivity contribution is 0.613. The third kappa shape index (κ3) is 4.09. The molecule has 0 spiro atoms. The fraction of sp³-hybridized carbons (Fsp3) is 0.300. The van der Waals surface area contributed by atoms with E-state index in [1.165, 1.54) is 12.1 Å². The topological polar surface area (TPSA) is 23.8 Å². The third-order valence-electron chi connectivity index (χ3n) is 1.51. The van der Waals surface area contributed by atoms with Gasteiger partial charge in [0.25, 0.3) is 0 Å². The Morgan fingerprint density at radius 1 is 1.40 bits per heavy atom. The molecule has 0 aliphatic carbocycles. The molecule has 0 aliphatic heterocycles. The molecule has 0 saturated carbocycles. The molecule has 15 heavy (non-hydrogen) atoms. The van der Waals surface area contributed by atoms with Crippen LogP contribution in [0.4, 0.5) is 4.39 Å². The second-order valence-corrected chi connectivity index (χ2v) is 3.89. The van der Waals surface area contributed by atoms with Crippen molar-refractivity contribution in [2.45, 2.75) is 18.0 Å². The van der Waals surface area contributed by atoms with Gasteiger partial charge in [-0.2, -0.15) is 5.26 Å². The highest BCUT2D eigenvalue weighted by molar-refractivity contribution is 9.10. The first-order chi connectivity index (χ1) is 6.95. The highest BCUT2D eigenvalue weighted by Crippen LogP contribution is 2.26. The summed E-state index contributed by atoms with van der Waals surface area (Å²) in [6, 6.07) is 5.73. The van der Waals surface area contributed by atoms with E-state index < -0.39 is 9.94 Å². The van der Waals surface area contributed by atoms with Crippen LogP contribution in [0, 0.1) is 17.1 Å². The van der Waals surface area contributed by atoms with Gasteiger partial charge in [-0.15, -0.1) is 15.9 Å². The number of benzene rings is 1. The van der Waals surface area contributed by atoms with Crippen LogP contribution in [-0.4, -0.2) is 15.7 Å². The Morgan fingerprint density at radius 2 is 1.93 bits per heavy atom. The number of halogens is 2. The number of alkyl halides is 1. The number of rotatable bonds is 1. The van der Waals surface area contributed by atoms with Crippen LogP contribution in [0.2, 0.25) is 0 Å². The second-order valence-electron chi connectivity index (χ2n) is 2.57. The van der Waals surface area contributed by atoms with E-state index in [1.807, 2.05) is 19.9 Å². The highest BCUT2D eigenvalue weighted by Gasteiger charge is 2.19. The fourth-order valence-corrected chi connectivity index (χ4v) is 1.22. The quantitative estimate of drug-likeness (QED) is 0.564.